The van der Waals surface area contributed by atoms with Gasteiger partial charge in [0.2, 0.25) is 15.9 Å². The highest BCUT2D eigenvalue weighted by molar-refractivity contribution is 7.89. The molecule has 3 atom stereocenters. The number of aliphatic imine (C=N–C) groups is 1. The van der Waals surface area contributed by atoms with Crippen LogP contribution in [-0.4, -0.2) is 81.2 Å². The van der Waals surface area contributed by atoms with Gasteiger partial charge in [0, 0.05) is 19.5 Å². The minimum atomic E-state index is -3.98. The highest BCUT2D eigenvalue weighted by Crippen LogP contribution is 2.26. The Bertz CT molecular complexity index is 1210. The van der Waals surface area contributed by atoms with Crippen LogP contribution in [-0.2, 0) is 35.7 Å². The van der Waals surface area contributed by atoms with Crippen LogP contribution in [0.2, 0.25) is 0 Å². The van der Waals surface area contributed by atoms with Crippen molar-refractivity contribution in [1.82, 2.24) is 20.3 Å². The van der Waals surface area contributed by atoms with E-state index in [4.69, 9.17) is 9.57 Å². The zero-order valence-electron chi connectivity index (χ0n) is 21.6. The Hall–Kier alpha value is -3.27. The highest BCUT2D eigenvalue weighted by atomic mass is 32.2. The van der Waals surface area contributed by atoms with Crippen molar-refractivity contribution in [2.45, 2.75) is 43.0 Å². The summed E-state index contributed by atoms with van der Waals surface area (Å²) >= 11 is 0. The third-order valence-corrected chi connectivity index (χ3v) is 8.04. The number of nitrogens with zero attached hydrogens (tertiary/aromatic N) is 2. The Labute approximate surface area is 227 Å². The molecule has 0 bridgehead atoms. The van der Waals surface area contributed by atoms with Crippen LogP contribution >= 0.6 is 0 Å². The maximum atomic E-state index is 13.1. The summed E-state index contributed by atoms with van der Waals surface area (Å²) in [4.78, 5) is 27.4. The summed E-state index contributed by atoms with van der Waals surface area (Å²) in [6.07, 6.45) is -0.874. The lowest BCUT2D eigenvalue weighted by atomic mass is 10.1. The van der Waals surface area contributed by atoms with E-state index in [1.54, 1.807) is 49.4 Å². The van der Waals surface area contributed by atoms with Gasteiger partial charge in [-0.05, 0) is 43.2 Å². The van der Waals surface area contributed by atoms with Gasteiger partial charge >= 0.3 is 0 Å². The maximum absolute atomic E-state index is 13.1. The second-order valence-electron chi connectivity index (χ2n) is 9.04. The predicted octanol–water partition coefficient (Wildman–Crippen LogP) is 0.879. The lowest BCUT2D eigenvalue weighted by Gasteiger charge is -2.25. The van der Waals surface area contributed by atoms with E-state index in [0.717, 1.165) is 47.6 Å². The van der Waals surface area contributed by atoms with Gasteiger partial charge in [-0.15, -0.1) is 0 Å². The maximum Gasteiger partial charge on any atom is 0.245 e. The Morgan fingerprint density at radius 3 is 2.69 bits per heavy atom. The number of benzene rings is 2. The van der Waals surface area contributed by atoms with Gasteiger partial charge in [0.05, 0.1) is 29.8 Å². The molecule has 39 heavy (non-hydrogen) atoms. The van der Waals surface area contributed by atoms with Crippen LogP contribution in [0.15, 0.2) is 64.5 Å². The second kappa shape index (κ2) is 13.7. The summed E-state index contributed by atoms with van der Waals surface area (Å²) in [5, 5.41) is 18.3. The number of amides is 1. The van der Waals surface area contributed by atoms with Crippen molar-refractivity contribution in [3.05, 3.63) is 60.2 Å². The Morgan fingerprint density at radius 1 is 1.23 bits per heavy atom. The fourth-order valence-corrected chi connectivity index (χ4v) is 5.71. The highest BCUT2D eigenvalue weighted by Gasteiger charge is 2.45. The van der Waals surface area contributed by atoms with E-state index in [9.17, 15) is 18.5 Å². The molecule has 0 aliphatic carbocycles. The van der Waals surface area contributed by atoms with Gasteiger partial charge in [-0.2, -0.15) is 4.31 Å². The average Bonchev–Trinajstić information content (AvgIpc) is 3.61. The van der Waals surface area contributed by atoms with Gasteiger partial charge in [0.15, 0.2) is 12.2 Å². The van der Waals surface area contributed by atoms with Crippen LogP contribution in [0, 0.1) is 0 Å². The first-order valence-electron chi connectivity index (χ1n) is 12.7. The number of rotatable bonds is 13. The van der Waals surface area contributed by atoms with Crippen LogP contribution in [0.1, 0.15) is 18.9 Å². The molecule has 2 aromatic rings. The summed E-state index contributed by atoms with van der Waals surface area (Å²) in [6.45, 7) is 4.24. The zero-order chi connectivity index (χ0) is 27.7. The van der Waals surface area contributed by atoms with Gasteiger partial charge in [-0.3, -0.25) is 20.1 Å². The number of hydrogen-bond acceptors (Lipinski definition) is 11. The Morgan fingerprint density at radius 2 is 2.00 bits per heavy atom. The molecule has 4 rings (SSSR count). The molecule has 3 unspecified atom stereocenters. The van der Waals surface area contributed by atoms with E-state index in [-0.39, 0.29) is 18.0 Å². The Kier molecular flexibility index (Phi) is 10.1. The fourth-order valence-electron chi connectivity index (χ4n) is 4.17. The first-order chi connectivity index (χ1) is 18.9. The number of hydrogen-bond donors (Lipinski definition) is 5. The Balaban J connectivity index is 1.25. The van der Waals surface area contributed by atoms with Crippen molar-refractivity contribution in [2.75, 3.05) is 38.5 Å². The second-order valence-corrected chi connectivity index (χ2v) is 10.9. The largest absolute Gasteiger partial charge is 0.360 e. The third kappa shape index (κ3) is 7.65. The van der Waals surface area contributed by atoms with Crippen LogP contribution < -0.4 is 21.4 Å². The van der Waals surface area contributed by atoms with Crippen LogP contribution in [0.3, 0.4) is 0 Å². The third-order valence-electron chi connectivity index (χ3n) is 6.22. The molecule has 1 amide bonds. The quantitative estimate of drug-likeness (QED) is 0.103. The van der Waals surface area contributed by atoms with Gasteiger partial charge in [-0.1, -0.05) is 30.3 Å². The normalized spacial score (nSPS) is 20.2. The summed E-state index contributed by atoms with van der Waals surface area (Å²) in [5.41, 5.74) is 4.37. The topological polar surface area (TPSA) is 163 Å². The number of guanidine groups is 1. The molecule has 0 aromatic heterocycles. The van der Waals surface area contributed by atoms with Crippen LogP contribution in [0.25, 0.3) is 0 Å². The first kappa shape index (κ1) is 28.7. The van der Waals surface area contributed by atoms with E-state index >= 15 is 0 Å². The first-order valence-corrected chi connectivity index (χ1v) is 14.1. The lowest BCUT2D eigenvalue weighted by molar-refractivity contribution is -0.284. The smallest absolute Gasteiger partial charge is 0.245 e. The lowest BCUT2D eigenvalue weighted by Crippen LogP contribution is -2.52. The number of sulfonamides is 1. The number of nitrogens with one attached hydrogen (secondary N) is 4. The predicted molar refractivity (Wildman–Crippen MR) is 143 cm³/mol. The fraction of sp³-hybridized carbons (Fsp3) is 0.440. The molecule has 2 aliphatic rings. The molecule has 0 saturated carbocycles. The summed E-state index contributed by atoms with van der Waals surface area (Å²) in [6, 6.07) is 13.9. The van der Waals surface area contributed by atoms with Crippen LogP contribution in [0.5, 0.6) is 0 Å². The van der Waals surface area contributed by atoms with Crippen molar-refractivity contribution >= 4 is 27.6 Å². The molecule has 212 valence electrons. The molecule has 13 nitrogen and oxygen atoms in total. The molecule has 2 heterocycles. The monoisotopic (exact) mass is 562 g/mol. The molecular formula is C25H34N6O7S. The van der Waals surface area contributed by atoms with Crippen molar-refractivity contribution in [2.24, 2.45) is 4.99 Å². The summed E-state index contributed by atoms with van der Waals surface area (Å²) in [7, 11) is -3.98. The summed E-state index contributed by atoms with van der Waals surface area (Å²) in [5.74, 6) is 0.177. The zero-order valence-corrected chi connectivity index (χ0v) is 22.4. The van der Waals surface area contributed by atoms with Crippen molar-refractivity contribution in [3.8, 4) is 0 Å². The number of carbonyl (C=O) groups is 1. The molecule has 1 fully saturated rings. The molecule has 14 heteroatoms. The standard InChI is InChI=1S/C25H34N6O7S/c1-18-23(31(17-36-18)39(34,35)21-6-3-2-4-7-21)24(32)29-22(38-33)16-19-8-10-20(11-9-19)30-37-15-5-12-26-25-27-13-14-28-25/h2-4,6-11,18,22-23,30,33H,5,12-17H2,1H3,(H,29,32)(H2,26,27,28). The average molecular weight is 563 g/mol. The molecule has 0 radical (unpaired) electrons. The van der Waals surface area contributed by atoms with Gasteiger partial charge in [-0.25, -0.2) is 18.6 Å². The van der Waals surface area contributed by atoms with Crippen molar-refractivity contribution < 1.29 is 32.9 Å². The molecule has 0 spiro atoms. The molecule has 5 N–H and O–H groups in total. The van der Waals surface area contributed by atoms with E-state index in [2.05, 4.69) is 31.3 Å². The van der Waals surface area contributed by atoms with Gasteiger partial charge < -0.3 is 20.7 Å². The number of carbonyl (C=O) groups excluding carboxylic acids is 1. The van der Waals surface area contributed by atoms with E-state index in [0.29, 0.717) is 6.61 Å². The summed E-state index contributed by atoms with van der Waals surface area (Å²) < 4.78 is 32.7. The molecule has 2 aromatic carbocycles. The van der Waals surface area contributed by atoms with E-state index in [1.165, 1.54) is 12.1 Å². The molecule has 2 aliphatic heterocycles. The molecular weight excluding hydrogens is 528 g/mol. The van der Waals surface area contributed by atoms with Crippen LogP contribution in [0.4, 0.5) is 5.69 Å². The van der Waals surface area contributed by atoms with Gasteiger partial charge in [0.25, 0.3) is 0 Å². The minimum absolute atomic E-state index is 0.0566. The minimum Gasteiger partial charge on any atom is -0.360 e. The van der Waals surface area contributed by atoms with E-state index in [1.807, 2.05) is 0 Å². The molecule has 1 saturated heterocycles. The SMILES string of the molecule is CC1OCN(S(=O)(=O)c2ccccc2)C1C(=O)NC(Cc1ccc(NOCCCNC2=NCCN2)cc1)OO. The number of anilines is 1. The van der Waals surface area contributed by atoms with Crippen molar-refractivity contribution in [1.29, 1.82) is 0 Å². The number of ether oxygens (including phenoxy) is 1. The van der Waals surface area contributed by atoms with Gasteiger partial charge in [0.1, 0.15) is 12.8 Å². The van der Waals surface area contributed by atoms with Crippen molar-refractivity contribution in [3.63, 3.8) is 0 Å². The van der Waals surface area contributed by atoms with E-state index < -0.39 is 34.3 Å².